The van der Waals surface area contributed by atoms with E-state index in [1.165, 1.54) is 19.3 Å². The van der Waals surface area contributed by atoms with Crippen LogP contribution in [-0.2, 0) is 0 Å². The van der Waals surface area contributed by atoms with Crippen LogP contribution in [0.2, 0.25) is 0 Å². The van der Waals surface area contributed by atoms with E-state index in [9.17, 15) is 0 Å². The van der Waals surface area contributed by atoms with Gasteiger partial charge in [0, 0.05) is 19.3 Å². The molecule has 0 aromatic heterocycles. The molecule has 0 radical (unpaired) electrons. The summed E-state index contributed by atoms with van der Waals surface area (Å²) in [6.45, 7) is 3.17. The summed E-state index contributed by atoms with van der Waals surface area (Å²) in [4.78, 5) is 6.31. The summed E-state index contributed by atoms with van der Waals surface area (Å²) in [5.74, 6) is 0. The summed E-state index contributed by atoms with van der Waals surface area (Å²) in [6.07, 6.45) is 4.84. The fraction of sp³-hybridized carbons (Fsp3) is 0.368. The van der Waals surface area contributed by atoms with E-state index in [-0.39, 0.29) is 17.0 Å². The number of hydrogen-bond donors (Lipinski definition) is 1. The first kappa shape index (κ1) is 19.7. The molecule has 25 heavy (non-hydrogen) atoms. The molecule has 0 saturated heterocycles. The molecule has 128 valence electrons. The van der Waals surface area contributed by atoms with Gasteiger partial charge in [0.25, 0.3) is 0 Å². The molecule has 0 aliphatic rings. The van der Waals surface area contributed by atoms with E-state index in [1.54, 1.807) is 24.3 Å². The highest BCUT2D eigenvalue weighted by molar-refractivity contribution is 6.13. The fourth-order valence-electron chi connectivity index (χ4n) is 2.22. The van der Waals surface area contributed by atoms with Crippen LogP contribution >= 0.6 is 0 Å². The molecule has 1 rings (SSSR count). The lowest BCUT2D eigenvalue weighted by Crippen LogP contribution is -2.18. The summed E-state index contributed by atoms with van der Waals surface area (Å²) in [6, 6.07) is 12.5. The van der Waals surface area contributed by atoms with E-state index in [0.717, 1.165) is 18.7 Å². The first-order valence-corrected chi connectivity index (χ1v) is 8.17. The van der Waals surface area contributed by atoms with Crippen molar-refractivity contribution in [3.63, 3.8) is 0 Å². The van der Waals surface area contributed by atoms with Crippen LogP contribution in [0.5, 0.6) is 0 Å². The molecule has 0 amide bonds. The van der Waals surface area contributed by atoms with Crippen molar-refractivity contribution < 1.29 is 0 Å². The Morgan fingerprint density at radius 1 is 1.04 bits per heavy atom. The van der Waals surface area contributed by atoms with Crippen molar-refractivity contribution in [3.05, 3.63) is 35.5 Å². The molecule has 0 unspecified atom stereocenters. The summed E-state index contributed by atoms with van der Waals surface area (Å²) in [7, 11) is 2.04. The number of nitrogens with two attached hydrogens (primary N) is 1. The van der Waals surface area contributed by atoms with E-state index in [4.69, 9.17) is 21.5 Å². The van der Waals surface area contributed by atoms with Crippen molar-refractivity contribution in [2.75, 3.05) is 18.5 Å². The van der Waals surface area contributed by atoms with Crippen LogP contribution in [0.1, 0.15) is 32.6 Å². The third-order valence-electron chi connectivity index (χ3n) is 3.73. The van der Waals surface area contributed by atoms with Crippen LogP contribution in [0.15, 0.2) is 40.5 Å². The summed E-state index contributed by atoms with van der Waals surface area (Å²) >= 11 is 0. The number of nitriles is 3. The van der Waals surface area contributed by atoms with Gasteiger partial charge in [0.1, 0.15) is 18.2 Å². The Hall–Kier alpha value is -3.30. The second-order valence-electron chi connectivity index (χ2n) is 5.58. The predicted molar refractivity (Wildman–Crippen MR) is 99.0 cm³/mol. The standard InChI is InChI=1S/C19H22N6/c1-3-4-5-6-11-25(2)17-9-7-16(8-10-17)24-18(14-22)19(23)15(12-20)13-21/h7-10H,3-6,11,23H2,1-2H3. The summed E-state index contributed by atoms with van der Waals surface area (Å²) in [5, 5.41) is 26.8. The van der Waals surface area contributed by atoms with Crippen LogP contribution in [0, 0.1) is 34.0 Å². The van der Waals surface area contributed by atoms with E-state index in [1.807, 2.05) is 25.2 Å². The molecule has 6 nitrogen and oxygen atoms in total. The molecule has 0 heterocycles. The molecule has 1 aromatic carbocycles. The molecular weight excluding hydrogens is 312 g/mol. The quantitative estimate of drug-likeness (QED) is 0.443. The number of nitrogens with zero attached hydrogens (tertiary/aromatic N) is 5. The molecule has 0 saturated carbocycles. The lowest BCUT2D eigenvalue weighted by atomic mass is 10.1. The van der Waals surface area contributed by atoms with Gasteiger partial charge in [-0.05, 0) is 30.7 Å². The Morgan fingerprint density at radius 3 is 2.20 bits per heavy atom. The Labute approximate surface area is 149 Å². The maximum atomic E-state index is 9.16. The van der Waals surface area contributed by atoms with Gasteiger partial charge in [0.2, 0.25) is 0 Å². The molecule has 0 bridgehead atoms. The zero-order chi connectivity index (χ0) is 18.7. The lowest BCUT2D eigenvalue weighted by Gasteiger charge is -2.19. The van der Waals surface area contributed by atoms with Crippen molar-refractivity contribution in [3.8, 4) is 18.2 Å². The first-order valence-electron chi connectivity index (χ1n) is 8.17. The number of allylic oxidation sites excluding steroid dienone is 2. The lowest BCUT2D eigenvalue weighted by molar-refractivity contribution is 0.661. The van der Waals surface area contributed by atoms with Crippen LogP contribution < -0.4 is 10.6 Å². The zero-order valence-corrected chi connectivity index (χ0v) is 14.7. The summed E-state index contributed by atoms with van der Waals surface area (Å²) < 4.78 is 0. The topological polar surface area (TPSA) is 113 Å². The molecule has 0 aliphatic carbocycles. The van der Waals surface area contributed by atoms with Crippen molar-refractivity contribution in [2.45, 2.75) is 32.6 Å². The van der Waals surface area contributed by atoms with E-state index in [2.05, 4.69) is 16.8 Å². The van der Waals surface area contributed by atoms with Gasteiger partial charge >= 0.3 is 0 Å². The SMILES string of the molecule is CCCCCCN(C)c1ccc(N=C(C#N)C(N)=C(C#N)C#N)cc1. The third kappa shape index (κ3) is 6.01. The largest absolute Gasteiger partial charge is 0.395 e. The number of anilines is 1. The molecule has 2 N–H and O–H groups in total. The average Bonchev–Trinajstić information content (AvgIpc) is 2.64. The average molecular weight is 334 g/mol. The fourth-order valence-corrected chi connectivity index (χ4v) is 2.22. The normalized spacial score (nSPS) is 10.3. The highest BCUT2D eigenvalue weighted by Crippen LogP contribution is 2.20. The monoisotopic (exact) mass is 334 g/mol. The number of benzene rings is 1. The van der Waals surface area contributed by atoms with E-state index >= 15 is 0 Å². The van der Waals surface area contributed by atoms with E-state index in [0.29, 0.717) is 5.69 Å². The number of unbranched alkanes of at least 4 members (excludes halogenated alkanes) is 3. The number of rotatable bonds is 8. The van der Waals surface area contributed by atoms with Crippen LogP contribution in [-0.4, -0.2) is 19.3 Å². The van der Waals surface area contributed by atoms with Gasteiger partial charge in [0.15, 0.2) is 11.3 Å². The van der Waals surface area contributed by atoms with Crippen LogP contribution in [0.25, 0.3) is 0 Å². The molecule has 1 aromatic rings. The minimum atomic E-state index is -0.316. The Balaban J connectivity index is 2.89. The second-order valence-corrected chi connectivity index (χ2v) is 5.58. The maximum Gasteiger partial charge on any atom is 0.166 e. The van der Waals surface area contributed by atoms with Crippen molar-refractivity contribution in [2.24, 2.45) is 10.7 Å². The third-order valence-corrected chi connectivity index (χ3v) is 3.73. The molecule has 6 heteroatoms. The van der Waals surface area contributed by atoms with Gasteiger partial charge in [0.05, 0.1) is 11.4 Å². The maximum absolute atomic E-state index is 9.16. The van der Waals surface area contributed by atoms with E-state index < -0.39 is 0 Å². The Morgan fingerprint density at radius 2 is 1.68 bits per heavy atom. The molecule has 0 atom stereocenters. The molecule has 0 fully saturated rings. The van der Waals surface area contributed by atoms with Gasteiger partial charge in [-0.3, -0.25) is 0 Å². The first-order chi connectivity index (χ1) is 12.1. The minimum Gasteiger partial charge on any atom is -0.395 e. The minimum absolute atomic E-state index is 0.140. The summed E-state index contributed by atoms with van der Waals surface area (Å²) in [5.41, 5.74) is 6.61. The second kappa shape index (κ2) is 10.5. The molecular formula is C19H22N6. The number of aliphatic imine (C=N–C) groups is 1. The van der Waals surface area contributed by atoms with Gasteiger partial charge in [-0.25, -0.2) is 4.99 Å². The molecule has 0 aliphatic heterocycles. The number of hydrogen-bond acceptors (Lipinski definition) is 6. The highest BCUT2D eigenvalue weighted by Gasteiger charge is 2.10. The predicted octanol–water partition coefficient (Wildman–Crippen LogP) is 3.56. The van der Waals surface area contributed by atoms with Crippen LogP contribution in [0.3, 0.4) is 0 Å². The van der Waals surface area contributed by atoms with Gasteiger partial charge in [-0.1, -0.05) is 26.2 Å². The highest BCUT2D eigenvalue weighted by atomic mass is 15.1. The van der Waals surface area contributed by atoms with Crippen LogP contribution in [0.4, 0.5) is 11.4 Å². The van der Waals surface area contributed by atoms with Crippen molar-refractivity contribution >= 4 is 17.1 Å². The van der Waals surface area contributed by atoms with Crippen molar-refractivity contribution in [1.82, 2.24) is 0 Å². The molecule has 0 spiro atoms. The Kier molecular flexibility index (Phi) is 8.27. The Bertz CT molecular complexity index is 737. The van der Waals surface area contributed by atoms with Gasteiger partial charge in [-0.2, -0.15) is 15.8 Å². The van der Waals surface area contributed by atoms with Crippen molar-refractivity contribution in [1.29, 1.82) is 15.8 Å². The van der Waals surface area contributed by atoms with Gasteiger partial charge < -0.3 is 10.6 Å². The zero-order valence-electron chi connectivity index (χ0n) is 14.7. The van der Waals surface area contributed by atoms with Gasteiger partial charge in [-0.15, -0.1) is 0 Å². The smallest absolute Gasteiger partial charge is 0.166 e.